The van der Waals surface area contributed by atoms with Crippen molar-refractivity contribution in [1.29, 1.82) is 0 Å². The molecule has 1 rings (SSSR count). The molecule has 0 saturated carbocycles. The van der Waals surface area contributed by atoms with Gasteiger partial charge in [-0.1, -0.05) is 0 Å². The monoisotopic (exact) mass is 242 g/mol. The van der Waals surface area contributed by atoms with Gasteiger partial charge in [0, 0.05) is 9.75 Å². The second-order valence-corrected chi connectivity index (χ2v) is 5.01. The second kappa shape index (κ2) is 4.11. The molecule has 1 aromatic rings. The van der Waals surface area contributed by atoms with Crippen LogP contribution in [0.25, 0.3) is 0 Å². The Morgan fingerprint density at radius 2 is 2.00 bits per heavy atom. The van der Waals surface area contributed by atoms with E-state index in [4.69, 9.17) is 11.6 Å². The molecule has 5 heteroatoms. The van der Waals surface area contributed by atoms with E-state index in [0.717, 1.165) is 10.4 Å². The Kier molecular flexibility index (Phi) is 3.48. The van der Waals surface area contributed by atoms with Gasteiger partial charge in [-0.3, -0.25) is 0 Å². The fourth-order valence-corrected chi connectivity index (χ4v) is 2.76. The lowest BCUT2D eigenvalue weighted by molar-refractivity contribution is -0.134. The molecule has 1 heterocycles. The van der Waals surface area contributed by atoms with Crippen molar-refractivity contribution < 1.29 is 13.2 Å². The summed E-state index contributed by atoms with van der Waals surface area (Å²) in [5.74, 6) is 0. The normalized spacial score (nSPS) is 14.4. The molecule has 1 unspecified atom stereocenters. The first-order chi connectivity index (χ1) is 6.29. The molecular weight excluding hydrogens is 233 g/mol. The molecule has 1 atom stereocenters. The van der Waals surface area contributed by atoms with Gasteiger partial charge >= 0.3 is 6.18 Å². The maximum atomic E-state index is 12.1. The summed E-state index contributed by atoms with van der Waals surface area (Å²) < 4.78 is 36.2. The van der Waals surface area contributed by atoms with Crippen molar-refractivity contribution in [3.05, 3.63) is 21.4 Å². The van der Waals surface area contributed by atoms with Crippen LogP contribution in [0.15, 0.2) is 6.07 Å². The highest BCUT2D eigenvalue weighted by atomic mass is 35.5. The van der Waals surface area contributed by atoms with Crippen LogP contribution in [0.4, 0.5) is 13.2 Å². The molecule has 0 bridgehead atoms. The minimum absolute atomic E-state index is 0.626. The molecule has 0 radical (unpaired) electrons. The fraction of sp³-hybridized carbons (Fsp3) is 0.556. The third-order valence-electron chi connectivity index (χ3n) is 1.77. The summed E-state index contributed by atoms with van der Waals surface area (Å²) in [6.45, 7) is 3.64. The van der Waals surface area contributed by atoms with Crippen LogP contribution in [0.1, 0.15) is 27.1 Å². The molecule has 0 aliphatic carbocycles. The lowest BCUT2D eigenvalue weighted by Crippen LogP contribution is -2.10. The van der Waals surface area contributed by atoms with E-state index in [9.17, 15) is 13.2 Å². The molecule has 0 aliphatic rings. The Bertz CT molecular complexity index is 316. The maximum Gasteiger partial charge on any atom is 0.390 e. The summed E-state index contributed by atoms with van der Waals surface area (Å²) in [7, 11) is 0. The maximum absolute atomic E-state index is 12.1. The lowest BCUT2D eigenvalue weighted by Gasteiger charge is -2.11. The van der Waals surface area contributed by atoms with Crippen LogP contribution >= 0.6 is 22.9 Å². The van der Waals surface area contributed by atoms with E-state index < -0.39 is 18.0 Å². The van der Waals surface area contributed by atoms with Crippen LogP contribution in [0.2, 0.25) is 0 Å². The average Bonchev–Trinajstić information content (AvgIpc) is 2.26. The highest BCUT2D eigenvalue weighted by Gasteiger charge is 2.32. The molecule has 0 saturated heterocycles. The highest BCUT2D eigenvalue weighted by Crippen LogP contribution is 2.38. The molecule has 0 nitrogen and oxygen atoms in total. The zero-order valence-electron chi connectivity index (χ0n) is 7.78. The van der Waals surface area contributed by atoms with Gasteiger partial charge in [0.15, 0.2) is 0 Å². The number of thiophene rings is 1. The minimum Gasteiger partial charge on any atom is -0.171 e. The number of rotatable bonds is 2. The van der Waals surface area contributed by atoms with E-state index in [0.29, 0.717) is 4.88 Å². The van der Waals surface area contributed by atoms with Crippen molar-refractivity contribution in [2.24, 2.45) is 0 Å². The van der Waals surface area contributed by atoms with Crippen molar-refractivity contribution in [3.63, 3.8) is 0 Å². The van der Waals surface area contributed by atoms with E-state index in [1.54, 1.807) is 6.92 Å². The fourth-order valence-electron chi connectivity index (χ4n) is 1.27. The molecule has 0 N–H and O–H groups in total. The molecule has 14 heavy (non-hydrogen) atoms. The molecule has 0 amide bonds. The lowest BCUT2D eigenvalue weighted by atomic mass is 10.2. The van der Waals surface area contributed by atoms with E-state index in [1.807, 2.05) is 13.0 Å². The van der Waals surface area contributed by atoms with Crippen molar-refractivity contribution in [2.45, 2.75) is 31.8 Å². The first kappa shape index (κ1) is 11.9. The smallest absolute Gasteiger partial charge is 0.171 e. The molecule has 0 aromatic carbocycles. The van der Waals surface area contributed by atoms with Crippen molar-refractivity contribution in [3.8, 4) is 0 Å². The number of hydrogen-bond donors (Lipinski definition) is 0. The summed E-state index contributed by atoms with van der Waals surface area (Å²) in [4.78, 5) is 1.62. The minimum atomic E-state index is -4.20. The van der Waals surface area contributed by atoms with E-state index >= 15 is 0 Å². The van der Waals surface area contributed by atoms with Crippen LogP contribution in [0.5, 0.6) is 0 Å². The van der Waals surface area contributed by atoms with Gasteiger partial charge in [0.05, 0.1) is 11.8 Å². The first-order valence-corrected chi connectivity index (χ1v) is 5.32. The van der Waals surface area contributed by atoms with Gasteiger partial charge in [-0.25, -0.2) is 0 Å². The number of halogens is 4. The summed E-state index contributed by atoms with van der Waals surface area (Å²) in [6.07, 6.45) is -5.16. The standard InChI is InChI=1S/C9H10ClF3S/c1-5-3-6(2)14-8(5)7(10)4-9(11,12)13/h3,7H,4H2,1-2H3. The number of alkyl halides is 4. The van der Waals surface area contributed by atoms with Crippen molar-refractivity contribution in [1.82, 2.24) is 0 Å². The second-order valence-electron chi connectivity index (χ2n) is 3.19. The molecule has 0 aliphatic heterocycles. The SMILES string of the molecule is Cc1cc(C)c(C(Cl)CC(F)(F)F)s1. The van der Waals surface area contributed by atoms with Crippen LogP contribution in [-0.4, -0.2) is 6.18 Å². The first-order valence-electron chi connectivity index (χ1n) is 4.07. The Morgan fingerprint density at radius 1 is 1.43 bits per heavy atom. The van der Waals surface area contributed by atoms with Gasteiger partial charge in [-0.05, 0) is 25.5 Å². The summed E-state index contributed by atoms with van der Waals surface area (Å²) in [5, 5.41) is -0.950. The molecule has 0 fully saturated rings. The molecule has 0 spiro atoms. The summed E-state index contributed by atoms with van der Waals surface area (Å²) >= 11 is 7.03. The predicted molar refractivity (Wildman–Crippen MR) is 53.1 cm³/mol. The van der Waals surface area contributed by atoms with Gasteiger partial charge < -0.3 is 0 Å². The number of aryl methyl sites for hydroxylation is 2. The van der Waals surface area contributed by atoms with Crippen LogP contribution in [-0.2, 0) is 0 Å². The zero-order valence-corrected chi connectivity index (χ0v) is 9.35. The Hall–Kier alpha value is -0.220. The third kappa shape index (κ3) is 3.17. The largest absolute Gasteiger partial charge is 0.390 e. The van der Waals surface area contributed by atoms with E-state index in [2.05, 4.69) is 0 Å². The van der Waals surface area contributed by atoms with Gasteiger partial charge in [-0.15, -0.1) is 22.9 Å². The Morgan fingerprint density at radius 3 is 2.36 bits per heavy atom. The quantitative estimate of drug-likeness (QED) is 0.665. The van der Waals surface area contributed by atoms with Gasteiger partial charge in [0.2, 0.25) is 0 Å². The zero-order chi connectivity index (χ0) is 10.9. The van der Waals surface area contributed by atoms with Crippen LogP contribution in [0.3, 0.4) is 0 Å². The topological polar surface area (TPSA) is 0 Å². The Balaban J connectivity index is 2.79. The third-order valence-corrected chi connectivity index (χ3v) is 3.54. The van der Waals surface area contributed by atoms with Crippen LogP contribution < -0.4 is 0 Å². The molecule has 80 valence electrons. The highest BCUT2D eigenvalue weighted by molar-refractivity contribution is 7.12. The van der Waals surface area contributed by atoms with Crippen molar-refractivity contribution >= 4 is 22.9 Å². The average molecular weight is 243 g/mol. The molecular formula is C9H10ClF3S. The molecule has 1 aromatic heterocycles. The predicted octanol–water partition coefficient (Wildman–Crippen LogP) is 4.60. The Labute approximate surface area is 89.7 Å². The van der Waals surface area contributed by atoms with Crippen LogP contribution in [0, 0.1) is 13.8 Å². The number of hydrogen-bond acceptors (Lipinski definition) is 1. The van der Waals surface area contributed by atoms with E-state index in [-0.39, 0.29) is 0 Å². The van der Waals surface area contributed by atoms with Crippen molar-refractivity contribution in [2.75, 3.05) is 0 Å². The van der Waals surface area contributed by atoms with Gasteiger partial charge in [0.1, 0.15) is 0 Å². The summed E-state index contributed by atoms with van der Waals surface area (Å²) in [5.41, 5.74) is 0.844. The van der Waals surface area contributed by atoms with E-state index in [1.165, 1.54) is 11.3 Å². The van der Waals surface area contributed by atoms with Gasteiger partial charge in [0.25, 0.3) is 0 Å². The van der Waals surface area contributed by atoms with Gasteiger partial charge in [-0.2, -0.15) is 13.2 Å². The summed E-state index contributed by atoms with van der Waals surface area (Å²) in [6, 6.07) is 1.85.